The molecule has 140 valence electrons. The van der Waals surface area contributed by atoms with Gasteiger partial charge in [0.05, 0.1) is 31.3 Å². The van der Waals surface area contributed by atoms with Gasteiger partial charge in [-0.05, 0) is 20.3 Å². The highest BCUT2D eigenvalue weighted by molar-refractivity contribution is 8.03. The normalized spacial score (nSPS) is 37.0. The highest BCUT2D eigenvalue weighted by Crippen LogP contribution is 2.52. The molecule has 2 fully saturated rings. The van der Waals surface area contributed by atoms with Crippen molar-refractivity contribution in [2.75, 3.05) is 13.7 Å². The van der Waals surface area contributed by atoms with Crippen LogP contribution in [-0.4, -0.2) is 70.2 Å². The minimum atomic E-state index is -0.743. The molecule has 3 N–H and O–H groups in total. The molecular formula is C17H26N2O5S. The molecule has 3 heterocycles. The van der Waals surface area contributed by atoms with Crippen LogP contribution in [0, 0.1) is 11.8 Å². The Morgan fingerprint density at radius 2 is 2.04 bits per heavy atom. The van der Waals surface area contributed by atoms with E-state index in [0.29, 0.717) is 5.70 Å². The number of aliphatic hydroxyl groups excluding tert-OH is 2. The predicted octanol–water partition coefficient (Wildman–Crippen LogP) is 0.0730. The van der Waals surface area contributed by atoms with Crippen molar-refractivity contribution in [3.63, 3.8) is 0 Å². The van der Waals surface area contributed by atoms with E-state index in [1.165, 1.54) is 12.0 Å². The van der Waals surface area contributed by atoms with Gasteiger partial charge in [-0.3, -0.25) is 4.79 Å². The number of esters is 1. The number of carbonyl (C=O) groups excluding carboxylic acids is 2. The highest BCUT2D eigenvalue weighted by Gasteiger charge is 2.60. The van der Waals surface area contributed by atoms with Gasteiger partial charge in [-0.1, -0.05) is 6.92 Å². The van der Waals surface area contributed by atoms with Crippen LogP contribution >= 0.6 is 11.8 Å². The van der Waals surface area contributed by atoms with Crippen molar-refractivity contribution in [2.24, 2.45) is 11.8 Å². The largest absolute Gasteiger partial charge is 0.464 e. The minimum Gasteiger partial charge on any atom is -0.464 e. The summed E-state index contributed by atoms with van der Waals surface area (Å²) in [4.78, 5) is 27.1. The van der Waals surface area contributed by atoms with E-state index in [1.54, 1.807) is 25.6 Å². The first kappa shape index (κ1) is 18.7. The van der Waals surface area contributed by atoms with Crippen molar-refractivity contribution in [3.8, 4) is 0 Å². The van der Waals surface area contributed by atoms with Gasteiger partial charge in [0.25, 0.3) is 0 Å². The molecule has 1 amide bonds. The van der Waals surface area contributed by atoms with Crippen LogP contribution in [0.1, 0.15) is 27.2 Å². The van der Waals surface area contributed by atoms with E-state index in [4.69, 9.17) is 4.74 Å². The van der Waals surface area contributed by atoms with Gasteiger partial charge in [0.1, 0.15) is 5.70 Å². The molecule has 8 heteroatoms. The van der Waals surface area contributed by atoms with E-state index in [2.05, 4.69) is 5.32 Å². The number of nitrogens with zero attached hydrogens (tertiary/aromatic N) is 1. The van der Waals surface area contributed by atoms with Crippen molar-refractivity contribution in [1.29, 1.82) is 0 Å². The van der Waals surface area contributed by atoms with Gasteiger partial charge < -0.3 is 25.2 Å². The van der Waals surface area contributed by atoms with Gasteiger partial charge in [-0.15, -0.1) is 11.8 Å². The third-order valence-electron chi connectivity index (χ3n) is 5.49. The maximum Gasteiger partial charge on any atom is 0.355 e. The number of ether oxygens (including phenoxy) is 1. The highest BCUT2D eigenvalue weighted by atomic mass is 32.2. The van der Waals surface area contributed by atoms with Gasteiger partial charge in [-0.25, -0.2) is 4.79 Å². The summed E-state index contributed by atoms with van der Waals surface area (Å²) in [7, 11) is 1.31. The molecular weight excluding hydrogens is 344 g/mol. The van der Waals surface area contributed by atoms with Crippen LogP contribution in [0.25, 0.3) is 0 Å². The lowest BCUT2D eigenvalue weighted by molar-refractivity contribution is -0.163. The van der Waals surface area contributed by atoms with E-state index in [9.17, 15) is 19.8 Å². The smallest absolute Gasteiger partial charge is 0.355 e. The van der Waals surface area contributed by atoms with E-state index in [-0.39, 0.29) is 29.2 Å². The lowest BCUT2D eigenvalue weighted by Gasteiger charge is -2.46. The molecule has 0 aliphatic carbocycles. The zero-order valence-electron chi connectivity index (χ0n) is 14.9. The van der Waals surface area contributed by atoms with Gasteiger partial charge in [0.2, 0.25) is 5.91 Å². The minimum absolute atomic E-state index is 0.0259. The first-order valence-electron chi connectivity index (χ1n) is 8.69. The lowest BCUT2D eigenvalue weighted by Crippen LogP contribution is -2.63. The summed E-state index contributed by atoms with van der Waals surface area (Å²) in [5, 5.41) is 23.2. The standard InChI is InChI=1S/C17H26N2O5S/c1-7-13-12(9(3)21)16(22)19(13)14(17(23)24-4)15(7)25-10-5-11(8(2)20)18-6-10/h7-13,18,20-21H,5-6H2,1-4H3/t7-,8?,9?,10?,11?,12?,13?/m1/s1. The number of carbonyl (C=O) groups is 2. The van der Waals surface area contributed by atoms with E-state index in [1.807, 2.05) is 6.92 Å². The quantitative estimate of drug-likeness (QED) is 0.465. The third kappa shape index (κ3) is 2.99. The molecule has 0 aromatic carbocycles. The predicted molar refractivity (Wildman–Crippen MR) is 93.5 cm³/mol. The van der Waals surface area contributed by atoms with Crippen LogP contribution < -0.4 is 5.32 Å². The molecule has 25 heavy (non-hydrogen) atoms. The maximum atomic E-state index is 12.5. The topological polar surface area (TPSA) is 99.1 Å². The second-order valence-corrected chi connectivity index (χ2v) is 8.53. The maximum absolute atomic E-state index is 12.5. The molecule has 0 bridgehead atoms. The number of amides is 1. The van der Waals surface area contributed by atoms with Crippen LogP contribution in [-0.2, 0) is 14.3 Å². The van der Waals surface area contributed by atoms with Gasteiger partial charge in [-0.2, -0.15) is 0 Å². The van der Waals surface area contributed by atoms with Crippen molar-refractivity contribution in [1.82, 2.24) is 10.2 Å². The summed E-state index contributed by atoms with van der Waals surface area (Å²) in [5.41, 5.74) is 0.326. The molecule has 0 saturated carbocycles. The first-order chi connectivity index (χ1) is 11.8. The molecule has 3 rings (SSSR count). The van der Waals surface area contributed by atoms with Crippen LogP contribution in [0.5, 0.6) is 0 Å². The summed E-state index contributed by atoms with van der Waals surface area (Å²) >= 11 is 1.59. The molecule has 0 radical (unpaired) electrons. The Kier molecular flexibility index (Phi) is 5.16. The zero-order chi connectivity index (χ0) is 18.5. The van der Waals surface area contributed by atoms with Crippen LogP contribution in [0.4, 0.5) is 0 Å². The zero-order valence-corrected chi connectivity index (χ0v) is 15.7. The molecule has 3 aliphatic rings. The lowest BCUT2D eigenvalue weighted by atomic mass is 9.79. The van der Waals surface area contributed by atoms with Crippen LogP contribution in [0.3, 0.4) is 0 Å². The van der Waals surface area contributed by atoms with Crippen molar-refractivity contribution in [3.05, 3.63) is 10.6 Å². The second-order valence-electron chi connectivity index (χ2n) is 7.19. The number of rotatable bonds is 5. The summed E-state index contributed by atoms with van der Waals surface area (Å²) in [6.07, 6.45) is -0.375. The van der Waals surface area contributed by atoms with Crippen molar-refractivity contribution >= 4 is 23.6 Å². The number of methoxy groups -OCH3 is 1. The number of thioether (sulfide) groups is 1. The monoisotopic (exact) mass is 370 g/mol. The van der Waals surface area contributed by atoms with Crippen molar-refractivity contribution < 1.29 is 24.5 Å². The summed E-state index contributed by atoms with van der Waals surface area (Å²) < 4.78 is 4.91. The molecule has 0 spiro atoms. The Hall–Kier alpha value is -1.09. The van der Waals surface area contributed by atoms with Gasteiger partial charge >= 0.3 is 5.97 Å². The Morgan fingerprint density at radius 1 is 1.36 bits per heavy atom. The first-order valence-corrected chi connectivity index (χ1v) is 9.57. The Morgan fingerprint density at radius 3 is 2.56 bits per heavy atom. The fourth-order valence-electron chi connectivity index (χ4n) is 4.14. The van der Waals surface area contributed by atoms with Crippen LogP contribution in [0.15, 0.2) is 10.6 Å². The molecule has 0 aromatic rings. The van der Waals surface area contributed by atoms with Gasteiger partial charge in [0.15, 0.2) is 0 Å². The molecule has 7 atom stereocenters. The molecule has 3 aliphatic heterocycles. The average Bonchev–Trinajstić information content (AvgIpc) is 3.10. The van der Waals surface area contributed by atoms with Crippen LogP contribution in [0.2, 0.25) is 0 Å². The third-order valence-corrected chi connectivity index (χ3v) is 7.00. The molecule has 7 nitrogen and oxygen atoms in total. The Balaban J connectivity index is 1.84. The van der Waals surface area contributed by atoms with Gasteiger partial charge in [0, 0.05) is 28.7 Å². The fraction of sp³-hybridized carbons (Fsp3) is 0.765. The van der Waals surface area contributed by atoms with E-state index in [0.717, 1.165) is 17.9 Å². The SMILES string of the molecule is COC(=O)C1=C(SC2CNC(C(C)O)C2)[C@H](C)C2C(C(C)O)C(=O)N12. The number of β-lactam (4-membered cyclic amide) rings is 1. The fourth-order valence-corrected chi connectivity index (χ4v) is 5.63. The Bertz CT molecular complexity index is 606. The average molecular weight is 370 g/mol. The number of aliphatic hydroxyl groups is 2. The molecule has 0 aromatic heterocycles. The number of hydrogen-bond donors (Lipinski definition) is 3. The second kappa shape index (κ2) is 6.90. The van der Waals surface area contributed by atoms with Crippen molar-refractivity contribution in [2.45, 2.75) is 56.7 Å². The van der Waals surface area contributed by atoms with E-state index < -0.39 is 24.1 Å². The van der Waals surface area contributed by atoms with E-state index >= 15 is 0 Å². The number of nitrogens with one attached hydrogen (secondary N) is 1. The number of hydrogen-bond acceptors (Lipinski definition) is 7. The summed E-state index contributed by atoms with van der Waals surface area (Å²) in [6.45, 7) is 6.11. The summed E-state index contributed by atoms with van der Waals surface area (Å²) in [6, 6.07) is -0.147. The summed E-state index contributed by atoms with van der Waals surface area (Å²) in [5.74, 6) is -1.22. The molecule has 2 saturated heterocycles. The molecule has 6 unspecified atom stereocenters. The number of fused-ring (bicyclic) bond motifs is 1. The Labute approximate surface area is 151 Å².